The molecule has 0 atom stereocenters. The molecule has 0 saturated carbocycles. The van der Waals surface area contributed by atoms with Gasteiger partial charge in [0, 0.05) is 42.8 Å². The van der Waals surface area contributed by atoms with Crippen molar-refractivity contribution >= 4 is 23.1 Å². The number of phenols is 1. The van der Waals surface area contributed by atoms with Gasteiger partial charge in [-0.3, -0.25) is 0 Å². The molecule has 0 spiro atoms. The number of hydrogen-bond donors (Lipinski definition) is 4. The van der Waals surface area contributed by atoms with Gasteiger partial charge < -0.3 is 26.0 Å². The third-order valence-corrected chi connectivity index (χ3v) is 4.88. The van der Waals surface area contributed by atoms with Crippen molar-refractivity contribution in [3.05, 3.63) is 72.6 Å². The highest BCUT2D eigenvalue weighted by Gasteiger charge is 2.12. The molecule has 32 heavy (non-hydrogen) atoms. The fourth-order valence-electron chi connectivity index (χ4n) is 3.29. The van der Waals surface area contributed by atoms with E-state index in [4.69, 9.17) is 5.73 Å². The first kappa shape index (κ1) is 21.1. The molecule has 0 aliphatic carbocycles. The number of nitrogen functional groups attached to an aromatic ring is 1. The number of phenolic OH excluding ortho intramolecular Hbond substituents is 1. The van der Waals surface area contributed by atoms with Crippen LogP contribution in [-0.2, 0) is 6.54 Å². The quantitative estimate of drug-likeness (QED) is 0.242. The Labute approximate surface area is 185 Å². The second-order valence-electron chi connectivity index (χ2n) is 7.42. The van der Waals surface area contributed by atoms with Crippen molar-refractivity contribution in [1.29, 1.82) is 0 Å². The van der Waals surface area contributed by atoms with Crippen molar-refractivity contribution in [3.8, 4) is 17.0 Å². The number of aromatic nitrogens is 4. The first-order valence-electron chi connectivity index (χ1n) is 10.2. The number of nitrogens with zero attached hydrogens (tertiary/aromatic N) is 4. The molecule has 0 unspecified atom stereocenters. The van der Waals surface area contributed by atoms with E-state index in [1.807, 2.05) is 23.8 Å². The van der Waals surface area contributed by atoms with E-state index in [0.717, 1.165) is 18.5 Å². The molecule has 5 N–H and O–H groups in total. The van der Waals surface area contributed by atoms with Crippen molar-refractivity contribution in [1.82, 2.24) is 19.5 Å². The molecular formula is C23H24FN7O. The second-order valence-corrected chi connectivity index (χ2v) is 7.42. The van der Waals surface area contributed by atoms with Gasteiger partial charge in [-0.2, -0.15) is 4.98 Å². The van der Waals surface area contributed by atoms with Gasteiger partial charge in [0.05, 0.1) is 17.7 Å². The molecule has 0 fully saturated rings. The van der Waals surface area contributed by atoms with Gasteiger partial charge >= 0.3 is 0 Å². The Balaban J connectivity index is 1.51. The molecule has 4 rings (SSSR count). The number of imidazole rings is 1. The lowest BCUT2D eigenvalue weighted by Crippen LogP contribution is -2.09. The number of anilines is 4. The minimum Gasteiger partial charge on any atom is -0.507 e. The predicted molar refractivity (Wildman–Crippen MR) is 123 cm³/mol. The van der Waals surface area contributed by atoms with Crippen molar-refractivity contribution in [3.63, 3.8) is 0 Å². The van der Waals surface area contributed by atoms with Gasteiger partial charge in [-0.15, -0.1) is 0 Å². The monoisotopic (exact) mass is 433 g/mol. The van der Waals surface area contributed by atoms with E-state index in [0.29, 0.717) is 35.0 Å². The number of aromatic hydroxyl groups is 1. The molecule has 4 aromatic rings. The predicted octanol–water partition coefficient (Wildman–Crippen LogP) is 4.32. The molecule has 9 heteroatoms. The molecule has 0 aliphatic rings. The number of nitrogens with one attached hydrogen (secondary N) is 2. The maximum absolute atomic E-state index is 14.2. The van der Waals surface area contributed by atoms with E-state index in [1.54, 1.807) is 36.8 Å². The van der Waals surface area contributed by atoms with Crippen LogP contribution >= 0.6 is 0 Å². The Morgan fingerprint density at radius 3 is 2.78 bits per heavy atom. The van der Waals surface area contributed by atoms with Crippen LogP contribution in [0.25, 0.3) is 11.3 Å². The van der Waals surface area contributed by atoms with Crippen molar-refractivity contribution in [2.45, 2.75) is 19.9 Å². The zero-order valence-electron chi connectivity index (χ0n) is 17.6. The van der Waals surface area contributed by atoms with Crippen LogP contribution in [0.2, 0.25) is 0 Å². The second kappa shape index (κ2) is 9.34. The number of rotatable bonds is 8. The van der Waals surface area contributed by atoms with Crippen LogP contribution in [0.4, 0.5) is 27.5 Å². The largest absolute Gasteiger partial charge is 0.507 e. The van der Waals surface area contributed by atoms with Crippen LogP contribution in [0.3, 0.4) is 0 Å². The summed E-state index contributed by atoms with van der Waals surface area (Å²) in [5, 5.41) is 16.7. The number of halogens is 1. The summed E-state index contributed by atoms with van der Waals surface area (Å²) in [4.78, 5) is 12.5. The minimum atomic E-state index is -0.354. The summed E-state index contributed by atoms with van der Waals surface area (Å²) in [6.45, 7) is 3.33. The zero-order chi connectivity index (χ0) is 22.5. The smallest absolute Gasteiger partial charge is 0.222 e. The van der Waals surface area contributed by atoms with E-state index in [9.17, 15) is 9.50 Å². The summed E-state index contributed by atoms with van der Waals surface area (Å²) < 4.78 is 16.2. The van der Waals surface area contributed by atoms with Crippen molar-refractivity contribution < 1.29 is 9.50 Å². The normalized spacial score (nSPS) is 10.8. The Morgan fingerprint density at radius 1 is 1.12 bits per heavy atom. The van der Waals surface area contributed by atoms with Crippen LogP contribution in [-0.4, -0.2) is 31.2 Å². The SMILES string of the molecule is Cc1ccc(Nc2ccc(O)c(-c3cc(NCCCn4ccnc4)nc(N)n3)c2)c(F)c1. The lowest BCUT2D eigenvalue weighted by molar-refractivity contribution is 0.477. The highest BCUT2D eigenvalue weighted by Crippen LogP contribution is 2.33. The molecule has 2 heterocycles. The lowest BCUT2D eigenvalue weighted by Gasteiger charge is -2.12. The first-order chi connectivity index (χ1) is 15.5. The van der Waals surface area contributed by atoms with Gasteiger partial charge in [0.1, 0.15) is 17.4 Å². The summed E-state index contributed by atoms with van der Waals surface area (Å²) in [6, 6.07) is 11.6. The van der Waals surface area contributed by atoms with E-state index in [2.05, 4.69) is 25.6 Å². The molecule has 0 bridgehead atoms. The van der Waals surface area contributed by atoms with Gasteiger partial charge in [0.25, 0.3) is 0 Å². The van der Waals surface area contributed by atoms with Crippen LogP contribution in [0.1, 0.15) is 12.0 Å². The van der Waals surface area contributed by atoms with Gasteiger partial charge in [-0.25, -0.2) is 14.4 Å². The Hall–Kier alpha value is -4.14. The van der Waals surface area contributed by atoms with Gasteiger partial charge in [-0.05, 0) is 49.2 Å². The number of nitrogens with two attached hydrogens (primary N) is 1. The van der Waals surface area contributed by atoms with E-state index < -0.39 is 0 Å². The fraction of sp³-hybridized carbons (Fsp3) is 0.174. The zero-order valence-corrected chi connectivity index (χ0v) is 17.6. The number of aryl methyl sites for hydroxylation is 2. The summed E-state index contributed by atoms with van der Waals surface area (Å²) in [5.74, 6) is 0.319. The van der Waals surface area contributed by atoms with Crippen LogP contribution in [0, 0.1) is 12.7 Å². The topological polar surface area (TPSA) is 114 Å². The van der Waals surface area contributed by atoms with Gasteiger partial charge in [0.15, 0.2) is 0 Å². The van der Waals surface area contributed by atoms with E-state index in [-0.39, 0.29) is 17.5 Å². The Bertz CT molecular complexity index is 1210. The van der Waals surface area contributed by atoms with Crippen LogP contribution in [0.5, 0.6) is 5.75 Å². The standard InChI is InChI=1S/C23H24FN7O/c1-15-3-5-19(18(24)11-15)28-16-4-6-21(32)17(12-16)20-13-22(30-23(25)29-20)27-7-2-9-31-10-8-26-14-31/h3-6,8,10-14,28,32H,2,7,9H2,1H3,(H3,25,27,29,30). The lowest BCUT2D eigenvalue weighted by atomic mass is 10.1. The average Bonchev–Trinajstić information content (AvgIpc) is 3.28. The Morgan fingerprint density at radius 2 is 2.00 bits per heavy atom. The van der Waals surface area contributed by atoms with Crippen LogP contribution < -0.4 is 16.4 Å². The summed E-state index contributed by atoms with van der Waals surface area (Å²) in [6.07, 6.45) is 6.29. The minimum absolute atomic E-state index is 0.0316. The third-order valence-electron chi connectivity index (χ3n) is 4.88. The van der Waals surface area contributed by atoms with Gasteiger partial charge in [0.2, 0.25) is 5.95 Å². The molecule has 2 aromatic carbocycles. The van der Waals surface area contributed by atoms with E-state index >= 15 is 0 Å². The summed E-state index contributed by atoms with van der Waals surface area (Å²) in [5.41, 5.74) is 8.60. The maximum atomic E-state index is 14.2. The highest BCUT2D eigenvalue weighted by molar-refractivity contribution is 5.75. The maximum Gasteiger partial charge on any atom is 0.222 e. The molecular weight excluding hydrogens is 409 g/mol. The molecule has 164 valence electrons. The fourth-order valence-corrected chi connectivity index (χ4v) is 3.29. The molecule has 0 radical (unpaired) electrons. The van der Waals surface area contributed by atoms with Crippen LogP contribution in [0.15, 0.2) is 61.2 Å². The molecule has 2 aromatic heterocycles. The molecule has 0 amide bonds. The van der Waals surface area contributed by atoms with Gasteiger partial charge in [-0.1, -0.05) is 6.07 Å². The summed E-state index contributed by atoms with van der Waals surface area (Å²) in [7, 11) is 0. The van der Waals surface area contributed by atoms with E-state index in [1.165, 1.54) is 12.1 Å². The number of benzene rings is 2. The number of hydrogen-bond acceptors (Lipinski definition) is 7. The molecule has 0 saturated heterocycles. The first-order valence-corrected chi connectivity index (χ1v) is 10.2. The average molecular weight is 433 g/mol. The summed E-state index contributed by atoms with van der Waals surface area (Å²) >= 11 is 0. The molecule has 8 nitrogen and oxygen atoms in total. The van der Waals surface area contributed by atoms with Crippen molar-refractivity contribution in [2.24, 2.45) is 0 Å². The third kappa shape index (κ3) is 5.12. The van der Waals surface area contributed by atoms with Crippen molar-refractivity contribution in [2.75, 3.05) is 22.9 Å². The molecule has 0 aliphatic heterocycles. The highest BCUT2D eigenvalue weighted by atomic mass is 19.1. The Kier molecular flexibility index (Phi) is 6.16.